The van der Waals surface area contributed by atoms with Crippen LogP contribution in [0.15, 0.2) is 0 Å². The number of carboxylic acid groups (broad SMARTS) is 2. The van der Waals surface area contributed by atoms with Crippen molar-refractivity contribution >= 4 is 12.4 Å². The fourth-order valence-electron chi connectivity index (χ4n) is 0.804. The van der Waals surface area contributed by atoms with Gasteiger partial charge in [-0.2, -0.15) is 0 Å². The highest BCUT2D eigenvalue weighted by atomic mass is 16.4. The van der Waals surface area contributed by atoms with E-state index in [1.807, 2.05) is 0 Å². The molecule has 0 spiro atoms. The molecule has 0 radical (unpaired) electrons. The second-order valence-corrected chi connectivity index (χ2v) is 3.11. The molecule has 0 aliphatic carbocycles. The lowest BCUT2D eigenvalue weighted by Gasteiger charge is -2.06. The lowest BCUT2D eigenvalue weighted by molar-refractivity contribution is -0.134. The van der Waals surface area contributed by atoms with E-state index in [4.69, 9.17) is 30.0 Å². The Hall–Kier alpha value is -1.14. The van der Waals surface area contributed by atoms with Crippen molar-refractivity contribution in [1.82, 2.24) is 0 Å². The molecule has 1 unspecified atom stereocenters. The minimum Gasteiger partial charge on any atom is -0.483 e. The van der Waals surface area contributed by atoms with E-state index in [0.29, 0.717) is 5.92 Å². The molecule has 4 N–H and O–H groups in total. The number of hydrogen-bond donors (Lipinski definition) is 4. The minimum absolute atomic E-state index is 0.250. The number of aliphatic carboxylic acids is 1. The number of hydrogen-bond acceptors (Lipinski definition) is 4. The van der Waals surface area contributed by atoms with E-state index in [1.54, 1.807) is 0 Å². The lowest BCUT2D eigenvalue weighted by atomic mass is 10.0. The summed E-state index contributed by atoms with van der Waals surface area (Å²) in [6, 6.07) is 0. The molecular formula is C10H22O6. The third-order valence-electron chi connectivity index (χ3n) is 1.48. The highest BCUT2D eigenvalue weighted by Crippen LogP contribution is 2.07. The van der Waals surface area contributed by atoms with Crippen molar-refractivity contribution in [2.45, 2.75) is 33.1 Å². The van der Waals surface area contributed by atoms with E-state index in [-0.39, 0.29) is 19.7 Å². The van der Waals surface area contributed by atoms with Crippen molar-refractivity contribution in [3.05, 3.63) is 0 Å². The predicted molar refractivity (Wildman–Crippen MR) is 59.2 cm³/mol. The monoisotopic (exact) mass is 238 g/mol. The molecule has 0 aromatic carbocycles. The van der Waals surface area contributed by atoms with Crippen molar-refractivity contribution in [2.75, 3.05) is 13.2 Å². The van der Waals surface area contributed by atoms with Crippen molar-refractivity contribution in [3.63, 3.8) is 0 Å². The van der Waals surface area contributed by atoms with Gasteiger partial charge in [-0.05, 0) is 25.2 Å². The molecule has 0 rings (SSSR count). The quantitative estimate of drug-likeness (QED) is 0.520. The third kappa shape index (κ3) is 52.7. The summed E-state index contributed by atoms with van der Waals surface area (Å²) in [6.07, 6.45) is 2.75. The Kier molecular flexibility index (Phi) is 24.7. The first-order chi connectivity index (χ1) is 7.45. The highest BCUT2D eigenvalue weighted by Gasteiger charge is 1.98. The summed E-state index contributed by atoms with van der Waals surface area (Å²) >= 11 is 0. The number of aliphatic hydroxyl groups is 2. The van der Waals surface area contributed by atoms with Gasteiger partial charge in [-0.1, -0.05) is 6.92 Å². The van der Waals surface area contributed by atoms with Gasteiger partial charge in [0.2, 0.25) is 0 Å². The molecule has 0 heterocycles. The van der Waals surface area contributed by atoms with Gasteiger partial charge in [-0.3, -0.25) is 9.59 Å². The zero-order chi connectivity index (χ0) is 13.4. The summed E-state index contributed by atoms with van der Waals surface area (Å²) in [5.41, 5.74) is 0. The summed E-state index contributed by atoms with van der Waals surface area (Å²) in [5.74, 6) is -0.276. The van der Waals surface area contributed by atoms with Crippen LogP contribution in [0.3, 0.4) is 0 Å². The summed E-state index contributed by atoms with van der Waals surface area (Å²) in [4.78, 5) is 17.4. The second kappa shape index (κ2) is 19.4. The van der Waals surface area contributed by atoms with Crippen LogP contribution in [0.25, 0.3) is 0 Å². The molecule has 0 bridgehead atoms. The Labute approximate surface area is 95.5 Å². The van der Waals surface area contributed by atoms with Gasteiger partial charge in [0, 0.05) is 20.1 Å². The maximum Gasteiger partial charge on any atom is 0.300 e. The second-order valence-electron chi connectivity index (χ2n) is 3.11. The molecule has 6 nitrogen and oxygen atoms in total. The van der Waals surface area contributed by atoms with Crippen LogP contribution in [-0.4, -0.2) is 46.1 Å². The summed E-state index contributed by atoms with van der Waals surface area (Å²) in [7, 11) is 0. The third-order valence-corrected chi connectivity index (χ3v) is 1.48. The highest BCUT2D eigenvalue weighted by molar-refractivity contribution is 5.62. The normalized spacial score (nSPS) is 10.0. The number of carboxylic acids is 1. The van der Waals surface area contributed by atoms with Crippen LogP contribution in [0.5, 0.6) is 0 Å². The van der Waals surface area contributed by atoms with Gasteiger partial charge in [-0.25, -0.2) is 0 Å². The molecular weight excluding hydrogens is 216 g/mol. The molecule has 0 aliphatic rings. The molecule has 98 valence electrons. The fraction of sp³-hybridized carbons (Fsp3) is 0.800. The number of aliphatic hydroxyl groups excluding tert-OH is 2. The van der Waals surface area contributed by atoms with Crippen LogP contribution in [0.4, 0.5) is 0 Å². The first-order valence-corrected chi connectivity index (χ1v) is 4.95. The maximum atomic E-state index is 9.00. The van der Waals surface area contributed by atoms with Crippen LogP contribution < -0.4 is 0 Å². The van der Waals surface area contributed by atoms with Crippen molar-refractivity contribution in [1.29, 1.82) is 0 Å². The van der Waals surface area contributed by atoms with Crippen molar-refractivity contribution < 1.29 is 30.0 Å². The summed E-state index contributed by atoms with van der Waals surface area (Å²) < 4.78 is 0. The fourth-order valence-corrected chi connectivity index (χ4v) is 0.804. The predicted octanol–water partition coefficient (Wildman–Crippen LogP) is 0.569. The minimum atomic E-state index is -0.833. The van der Waals surface area contributed by atoms with E-state index < -0.39 is 5.97 Å². The molecule has 0 saturated heterocycles. The number of carbonyl (C=O) groups is 2. The Balaban J connectivity index is -0.000000201. The van der Waals surface area contributed by atoms with Crippen LogP contribution in [0, 0.1) is 5.92 Å². The Morgan fingerprint density at radius 1 is 1.25 bits per heavy atom. The van der Waals surface area contributed by atoms with E-state index >= 15 is 0 Å². The molecule has 0 aromatic heterocycles. The molecule has 0 amide bonds. The zero-order valence-electron chi connectivity index (χ0n) is 9.80. The number of rotatable bonds is 5. The van der Waals surface area contributed by atoms with Crippen LogP contribution >= 0.6 is 0 Å². The molecule has 0 fully saturated rings. The molecule has 0 saturated carbocycles. The van der Waals surface area contributed by atoms with Crippen molar-refractivity contribution in [2.24, 2.45) is 5.92 Å². The van der Waals surface area contributed by atoms with Gasteiger partial charge in [0.15, 0.2) is 0 Å². The van der Waals surface area contributed by atoms with E-state index in [0.717, 1.165) is 26.2 Å². The van der Waals surface area contributed by atoms with Gasteiger partial charge in [0.1, 0.15) is 0 Å². The first kappa shape index (κ1) is 20.3. The SMILES string of the molecule is CC(=O)O.CC(CCO)CCCO.O=CO. The zero-order valence-corrected chi connectivity index (χ0v) is 9.80. The van der Waals surface area contributed by atoms with Crippen molar-refractivity contribution in [3.8, 4) is 0 Å². The Morgan fingerprint density at radius 2 is 1.62 bits per heavy atom. The lowest BCUT2D eigenvalue weighted by Crippen LogP contribution is -1.98. The molecule has 0 aromatic rings. The average molecular weight is 238 g/mol. The van der Waals surface area contributed by atoms with Gasteiger partial charge in [0.25, 0.3) is 12.4 Å². The Bertz CT molecular complexity index is 144. The van der Waals surface area contributed by atoms with E-state index in [2.05, 4.69) is 6.92 Å². The van der Waals surface area contributed by atoms with Crippen LogP contribution in [-0.2, 0) is 9.59 Å². The average Bonchev–Trinajstić information content (AvgIpc) is 2.15. The summed E-state index contributed by atoms with van der Waals surface area (Å²) in [6.45, 7) is 3.47. The molecule has 6 heteroatoms. The molecule has 16 heavy (non-hydrogen) atoms. The largest absolute Gasteiger partial charge is 0.483 e. The standard InChI is InChI=1S/C7H16O2.C2H4O2.CH2O2/c1-7(4-6-9)3-2-5-8;1-2(3)4;2-1-3/h7-9H,2-6H2,1H3;1H3,(H,3,4);1H,(H,2,3). The van der Waals surface area contributed by atoms with Gasteiger partial charge in [0.05, 0.1) is 0 Å². The van der Waals surface area contributed by atoms with Gasteiger partial charge < -0.3 is 20.4 Å². The van der Waals surface area contributed by atoms with E-state index in [9.17, 15) is 0 Å². The maximum absolute atomic E-state index is 9.00. The molecule has 1 atom stereocenters. The smallest absolute Gasteiger partial charge is 0.300 e. The topological polar surface area (TPSA) is 115 Å². The summed E-state index contributed by atoms with van der Waals surface area (Å²) in [5, 5.41) is 31.2. The Morgan fingerprint density at radius 3 is 1.88 bits per heavy atom. The van der Waals surface area contributed by atoms with E-state index in [1.165, 1.54) is 0 Å². The molecule has 0 aliphatic heterocycles. The first-order valence-electron chi connectivity index (χ1n) is 4.95. The van der Waals surface area contributed by atoms with Crippen LogP contribution in [0.2, 0.25) is 0 Å². The van der Waals surface area contributed by atoms with Crippen LogP contribution in [0.1, 0.15) is 33.1 Å². The van der Waals surface area contributed by atoms with Gasteiger partial charge in [-0.15, -0.1) is 0 Å². The van der Waals surface area contributed by atoms with Gasteiger partial charge >= 0.3 is 0 Å².